The van der Waals surface area contributed by atoms with E-state index in [-0.39, 0.29) is 0 Å². The molecule has 0 radical (unpaired) electrons. The quantitative estimate of drug-likeness (QED) is 0.757. The van der Waals surface area contributed by atoms with E-state index in [1.54, 1.807) is 6.33 Å². The van der Waals surface area contributed by atoms with E-state index < -0.39 is 0 Å². The van der Waals surface area contributed by atoms with Gasteiger partial charge >= 0.3 is 0 Å². The third-order valence-electron chi connectivity index (χ3n) is 2.77. The molecule has 0 aliphatic heterocycles. The summed E-state index contributed by atoms with van der Waals surface area (Å²) in [5, 5.41) is 1.10. The molecule has 0 aliphatic rings. The van der Waals surface area contributed by atoms with E-state index in [2.05, 4.69) is 52.7 Å². The van der Waals surface area contributed by atoms with E-state index in [0.717, 1.165) is 17.6 Å². The molecule has 0 spiro atoms. The van der Waals surface area contributed by atoms with Gasteiger partial charge in [-0.05, 0) is 27.1 Å². The second-order valence-corrected chi connectivity index (χ2v) is 4.08. The third kappa shape index (κ3) is 1.99. The van der Waals surface area contributed by atoms with Crippen molar-refractivity contribution in [1.29, 1.82) is 0 Å². The topological polar surface area (TPSA) is 34.0 Å². The van der Waals surface area contributed by atoms with Gasteiger partial charge in [-0.1, -0.05) is 0 Å². The van der Waals surface area contributed by atoms with Crippen LogP contribution in [0.2, 0.25) is 0 Å². The Hall–Kier alpha value is -1.42. The van der Waals surface area contributed by atoms with E-state index in [4.69, 9.17) is 0 Å². The average Bonchev–Trinajstić information content (AvgIpc) is 2.62. The first-order valence-electron chi connectivity index (χ1n) is 5.10. The molecule has 0 saturated carbocycles. The van der Waals surface area contributed by atoms with E-state index in [9.17, 15) is 0 Å². The lowest BCUT2D eigenvalue weighted by atomic mass is 10.3. The molecule has 2 heterocycles. The highest BCUT2D eigenvalue weighted by Gasteiger charge is 2.08. The molecule has 15 heavy (non-hydrogen) atoms. The lowest BCUT2D eigenvalue weighted by Gasteiger charge is -2.20. The molecule has 4 heteroatoms. The van der Waals surface area contributed by atoms with Crippen molar-refractivity contribution in [1.82, 2.24) is 19.4 Å². The fraction of sp³-hybridized carbons (Fsp3) is 0.455. The lowest BCUT2D eigenvalue weighted by molar-refractivity contribution is 0.286. The van der Waals surface area contributed by atoms with Crippen molar-refractivity contribution in [3.63, 3.8) is 0 Å². The number of likely N-dealkylation sites (N-methyl/N-ethyl adjacent to an activating group) is 1. The number of aromatic nitrogens is 3. The van der Waals surface area contributed by atoms with Crippen LogP contribution in [0.5, 0.6) is 0 Å². The molecule has 80 valence electrons. The van der Waals surface area contributed by atoms with Crippen molar-refractivity contribution < 1.29 is 0 Å². The molecular weight excluding hydrogens is 188 g/mol. The maximum absolute atomic E-state index is 4.29. The first kappa shape index (κ1) is 10.1. The smallest absolute Gasteiger partial charge is 0.143 e. The summed E-state index contributed by atoms with van der Waals surface area (Å²) in [4.78, 5) is 10.5. The highest BCUT2D eigenvalue weighted by Crippen LogP contribution is 2.12. The van der Waals surface area contributed by atoms with E-state index in [1.165, 1.54) is 0 Å². The zero-order valence-electron chi connectivity index (χ0n) is 9.38. The molecule has 0 aromatic carbocycles. The minimum Gasteiger partial charge on any atom is -0.331 e. The van der Waals surface area contributed by atoms with Gasteiger partial charge in [-0.3, -0.25) is 0 Å². The fourth-order valence-electron chi connectivity index (χ4n) is 1.53. The van der Waals surface area contributed by atoms with Crippen LogP contribution >= 0.6 is 0 Å². The summed E-state index contributed by atoms with van der Waals surface area (Å²) in [7, 11) is 4.18. The molecule has 0 amide bonds. The Morgan fingerprint density at radius 1 is 1.47 bits per heavy atom. The van der Waals surface area contributed by atoms with E-state index >= 15 is 0 Å². The molecule has 0 bridgehead atoms. The molecule has 2 rings (SSSR count). The Bertz CT molecular complexity index is 447. The Morgan fingerprint density at radius 2 is 2.27 bits per heavy atom. The maximum atomic E-state index is 4.29. The number of hydrogen-bond acceptors (Lipinski definition) is 3. The second-order valence-electron chi connectivity index (χ2n) is 4.08. The van der Waals surface area contributed by atoms with Gasteiger partial charge in [0.25, 0.3) is 0 Å². The van der Waals surface area contributed by atoms with Gasteiger partial charge in [0.2, 0.25) is 0 Å². The van der Waals surface area contributed by atoms with E-state index in [0.29, 0.717) is 6.04 Å². The van der Waals surface area contributed by atoms with E-state index in [1.807, 2.05) is 6.20 Å². The molecule has 1 atom stereocenters. The standard InChI is InChI=1S/C11H16N4/c1-9(14(2)3)7-15-5-4-10-6-12-8-13-11(10)15/h4-6,8-9H,7H2,1-3H3. The number of hydrogen-bond donors (Lipinski definition) is 0. The molecule has 2 aromatic rings. The number of rotatable bonds is 3. The summed E-state index contributed by atoms with van der Waals surface area (Å²) >= 11 is 0. The second kappa shape index (κ2) is 3.98. The Balaban J connectivity index is 2.29. The minimum absolute atomic E-state index is 0.496. The van der Waals surface area contributed by atoms with Crippen LogP contribution in [0, 0.1) is 0 Å². The van der Waals surface area contributed by atoms with Crippen LogP contribution in [0.3, 0.4) is 0 Å². The van der Waals surface area contributed by atoms with Crippen LogP contribution in [-0.2, 0) is 6.54 Å². The lowest BCUT2D eigenvalue weighted by Crippen LogP contribution is -2.29. The summed E-state index contributed by atoms with van der Waals surface area (Å²) in [5.74, 6) is 0. The average molecular weight is 204 g/mol. The maximum Gasteiger partial charge on any atom is 0.143 e. The molecule has 0 N–H and O–H groups in total. The molecular formula is C11H16N4. The van der Waals surface area contributed by atoms with Gasteiger partial charge in [-0.2, -0.15) is 0 Å². The molecule has 0 aliphatic carbocycles. The summed E-state index contributed by atoms with van der Waals surface area (Å²) in [6.45, 7) is 3.15. The van der Waals surface area contributed by atoms with Crippen molar-refractivity contribution in [2.75, 3.05) is 14.1 Å². The molecule has 1 unspecified atom stereocenters. The highest BCUT2D eigenvalue weighted by atomic mass is 15.1. The molecule has 4 nitrogen and oxygen atoms in total. The van der Waals surface area contributed by atoms with Gasteiger partial charge in [0.15, 0.2) is 0 Å². The Kier molecular flexibility index (Phi) is 2.68. The van der Waals surface area contributed by atoms with Gasteiger partial charge in [0, 0.05) is 30.4 Å². The van der Waals surface area contributed by atoms with Crippen molar-refractivity contribution in [2.24, 2.45) is 0 Å². The first-order chi connectivity index (χ1) is 7.18. The summed E-state index contributed by atoms with van der Waals surface area (Å²) in [6, 6.07) is 2.55. The van der Waals surface area contributed by atoms with Crippen LogP contribution in [0.15, 0.2) is 24.8 Å². The molecule has 2 aromatic heterocycles. The van der Waals surface area contributed by atoms with Crippen molar-refractivity contribution in [3.8, 4) is 0 Å². The van der Waals surface area contributed by atoms with Gasteiger partial charge in [-0.15, -0.1) is 0 Å². The number of nitrogens with zero attached hydrogens (tertiary/aromatic N) is 4. The van der Waals surface area contributed by atoms with Crippen LogP contribution in [0.25, 0.3) is 11.0 Å². The minimum atomic E-state index is 0.496. The van der Waals surface area contributed by atoms with Gasteiger partial charge in [-0.25, -0.2) is 9.97 Å². The van der Waals surface area contributed by atoms with Gasteiger partial charge in [0.1, 0.15) is 12.0 Å². The van der Waals surface area contributed by atoms with Gasteiger partial charge in [0.05, 0.1) is 0 Å². The first-order valence-corrected chi connectivity index (χ1v) is 5.10. The molecule has 0 fully saturated rings. The van der Waals surface area contributed by atoms with Crippen LogP contribution < -0.4 is 0 Å². The monoisotopic (exact) mass is 204 g/mol. The third-order valence-corrected chi connectivity index (χ3v) is 2.77. The fourth-order valence-corrected chi connectivity index (χ4v) is 1.53. The number of fused-ring (bicyclic) bond motifs is 1. The zero-order chi connectivity index (χ0) is 10.8. The Labute approximate surface area is 89.6 Å². The van der Waals surface area contributed by atoms with Crippen molar-refractivity contribution in [3.05, 3.63) is 24.8 Å². The van der Waals surface area contributed by atoms with Crippen LogP contribution in [-0.4, -0.2) is 39.6 Å². The predicted molar refractivity (Wildman–Crippen MR) is 60.7 cm³/mol. The summed E-state index contributed by atoms with van der Waals surface area (Å²) in [6.07, 6.45) is 5.51. The van der Waals surface area contributed by atoms with Crippen molar-refractivity contribution in [2.45, 2.75) is 19.5 Å². The molecule has 0 saturated heterocycles. The SMILES string of the molecule is CC(Cn1ccc2cncnc21)N(C)C. The highest BCUT2D eigenvalue weighted by molar-refractivity contribution is 5.74. The van der Waals surface area contributed by atoms with Gasteiger partial charge < -0.3 is 9.47 Å². The van der Waals surface area contributed by atoms with Crippen LogP contribution in [0.4, 0.5) is 0 Å². The Morgan fingerprint density at radius 3 is 3.00 bits per heavy atom. The van der Waals surface area contributed by atoms with Crippen molar-refractivity contribution >= 4 is 11.0 Å². The largest absolute Gasteiger partial charge is 0.331 e. The summed E-state index contributed by atoms with van der Waals surface area (Å²) in [5.41, 5.74) is 1.01. The van der Waals surface area contributed by atoms with Crippen LogP contribution in [0.1, 0.15) is 6.92 Å². The zero-order valence-corrected chi connectivity index (χ0v) is 9.38. The summed E-state index contributed by atoms with van der Waals surface area (Å²) < 4.78 is 2.17. The normalized spacial score (nSPS) is 13.6. The predicted octanol–water partition coefficient (Wildman–Crippen LogP) is 1.38.